The summed E-state index contributed by atoms with van der Waals surface area (Å²) in [6.07, 6.45) is 8.40. The highest BCUT2D eigenvalue weighted by atomic mass is 35.5. The quantitative estimate of drug-likeness (QED) is 0.530. The smallest absolute Gasteiger partial charge is 0.234 e. The van der Waals surface area contributed by atoms with E-state index in [1.54, 1.807) is 12.1 Å². The third kappa shape index (κ3) is 4.13. The van der Waals surface area contributed by atoms with E-state index < -0.39 is 0 Å². The Morgan fingerprint density at radius 2 is 1.67 bits per heavy atom. The van der Waals surface area contributed by atoms with Crippen molar-refractivity contribution in [3.8, 4) is 0 Å². The van der Waals surface area contributed by atoms with Crippen LogP contribution >= 0.6 is 23.4 Å². The number of thioether (sulfide) groups is 1. The van der Waals surface area contributed by atoms with Gasteiger partial charge in [-0.05, 0) is 97.1 Å². The number of amides is 1. The molecule has 0 atom stereocenters. The number of carbonyl (C=O) groups is 1. The first-order chi connectivity index (χ1) is 14.5. The van der Waals surface area contributed by atoms with Crippen LogP contribution in [0.2, 0.25) is 5.02 Å². The number of anilines is 1. The van der Waals surface area contributed by atoms with Crippen LogP contribution in [-0.4, -0.2) is 11.7 Å². The largest absolute Gasteiger partial charge is 0.325 e. The molecule has 2 aromatic rings. The summed E-state index contributed by atoms with van der Waals surface area (Å²) in [6.45, 7) is 0. The van der Waals surface area contributed by atoms with Crippen molar-refractivity contribution in [3.05, 3.63) is 64.4 Å². The Kier molecular flexibility index (Phi) is 5.57. The highest BCUT2D eigenvalue weighted by Gasteiger charge is 2.51. The Hall–Kier alpha value is -1.52. The number of nitrogens with one attached hydrogen (secondary N) is 1. The lowest BCUT2D eigenvalue weighted by Crippen LogP contribution is -2.48. The molecular formula is C25H27ClFNOS. The predicted molar refractivity (Wildman–Crippen MR) is 122 cm³/mol. The van der Waals surface area contributed by atoms with Crippen molar-refractivity contribution in [3.63, 3.8) is 0 Å². The molecule has 0 aliphatic heterocycles. The average molecular weight is 444 g/mol. The summed E-state index contributed by atoms with van der Waals surface area (Å²) in [4.78, 5) is 12.3. The Morgan fingerprint density at radius 3 is 2.27 bits per heavy atom. The molecular weight excluding hydrogens is 417 g/mol. The minimum absolute atomic E-state index is 0.0584. The normalized spacial score (nSPS) is 29.2. The monoisotopic (exact) mass is 443 g/mol. The van der Waals surface area contributed by atoms with Crippen LogP contribution < -0.4 is 5.32 Å². The number of rotatable bonds is 6. The molecule has 4 fully saturated rings. The van der Waals surface area contributed by atoms with Gasteiger partial charge >= 0.3 is 0 Å². The zero-order chi connectivity index (χ0) is 20.7. The van der Waals surface area contributed by atoms with Gasteiger partial charge in [0.05, 0.1) is 5.75 Å². The van der Waals surface area contributed by atoms with Gasteiger partial charge in [-0.25, -0.2) is 4.39 Å². The van der Waals surface area contributed by atoms with Crippen molar-refractivity contribution in [2.24, 2.45) is 17.8 Å². The summed E-state index contributed by atoms with van der Waals surface area (Å²) >= 11 is 7.18. The van der Waals surface area contributed by atoms with Crippen molar-refractivity contribution in [2.75, 3.05) is 11.1 Å². The van der Waals surface area contributed by atoms with Gasteiger partial charge < -0.3 is 5.32 Å². The molecule has 5 heteroatoms. The van der Waals surface area contributed by atoms with E-state index in [4.69, 9.17) is 11.6 Å². The Labute approximate surface area is 187 Å². The first-order valence-electron chi connectivity index (χ1n) is 10.9. The summed E-state index contributed by atoms with van der Waals surface area (Å²) in [5.41, 5.74) is 3.26. The topological polar surface area (TPSA) is 29.1 Å². The van der Waals surface area contributed by atoms with Crippen LogP contribution in [-0.2, 0) is 16.0 Å². The van der Waals surface area contributed by atoms with E-state index >= 15 is 0 Å². The molecule has 0 radical (unpaired) electrons. The molecule has 4 bridgehead atoms. The van der Waals surface area contributed by atoms with Crippen LogP contribution in [0.15, 0.2) is 42.5 Å². The second kappa shape index (κ2) is 8.20. The van der Waals surface area contributed by atoms with E-state index in [0.29, 0.717) is 27.5 Å². The second-order valence-corrected chi connectivity index (χ2v) is 11.0. The van der Waals surface area contributed by atoms with Gasteiger partial charge in [-0.15, -0.1) is 11.8 Å². The summed E-state index contributed by atoms with van der Waals surface area (Å²) in [6, 6.07) is 13.2. The van der Waals surface area contributed by atoms with Crippen LogP contribution in [0.5, 0.6) is 0 Å². The average Bonchev–Trinajstić information content (AvgIpc) is 2.69. The number of hydrogen-bond donors (Lipinski definition) is 1. The zero-order valence-electron chi connectivity index (χ0n) is 17.0. The first kappa shape index (κ1) is 20.4. The van der Waals surface area contributed by atoms with E-state index in [2.05, 4.69) is 29.6 Å². The van der Waals surface area contributed by atoms with Crippen LogP contribution in [0.3, 0.4) is 0 Å². The van der Waals surface area contributed by atoms with E-state index in [1.165, 1.54) is 61.9 Å². The highest BCUT2D eigenvalue weighted by Crippen LogP contribution is 2.60. The van der Waals surface area contributed by atoms with Gasteiger partial charge in [0.2, 0.25) is 5.91 Å². The maximum absolute atomic E-state index is 13.8. The lowest BCUT2D eigenvalue weighted by Gasteiger charge is -2.57. The fourth-order valence-corrected chi connectivity index (χ4v) is 7.43. The van der Waals surface area contributed by atoms with Gasteiger partial charge in [-0.2, -0.15) is 0 Å². The lowest BCUT2D eigenvalue weighted by molar-refractivity contribution is -0.113. The van der Waals surface area contributed by atoms with Crippen molar-refractivity contribution >= 4 is 35.0 Å². The van der Waals surface area contributed by atoms with Crippen LogP contribution in [0.25, 0.3) is 0 Å². The molecule has 0 unspecified atom stereocenters. The lowest BCUT2D eigenvalue weighted by atomic mass is 9.48. The summed E-state index contributed by atoms with van der Waals surface area (Å²) in [5, 5.41) is 3.36. The standard InChI is InChI=1S/C25H27ClFNOS/c26-21-4-1-19(23(27)10-21)14-30-15-24(29)28-22-5-2-20(3-6-22)25-11-16-7-17(12-25)9-18(8-16)13-25/h1-6,10,16-18H,7-9,11-15H2,(H,28,29). The molecule has 0 aromatic heterocycles. The van der Waals surface area contributed by atoms with Gasteiger partial charge in [-0.1, -0.05) is 29.8 Å². The molecule has 2 aromatic carbocycles. The predicted octanol–water partition coefficient (Wildman–Crippen LogP) is 6.82. The molecule has 2 nitrogen and oxygen atoms in total. The van der Waals surface area contributed by atoms with Crippen LogP contribution in [0.4, 0.5) is 10.1 Å². The summed E-state index contributed by atoms with van der Waals surface area (Å²) in [5.74, 6) is 3.14. The van der Waals surface area contributed by atoms with Gasteiger partial charge in [0, 0.05) is 16.5 Å². The number of hydrogen-bond acceptors (Lipinski definition) is 2. The molecule has 30 heavy (non-hydrogen) atoms. The minimum atomic E-state index is -0.323. The van der Waals surface area contributed by atoms with Gasteiger partial charge in [0.15, 0.2) is 0 Å². The fourth-order valence-electron chi connectivity index (χ4n) is 6.46. The molecule has 1 N–H and O–H groups in total. The van der Waals surface area contributed by atoms with Crippen molar-refractivity contribution in [2.45, 2.75) is 49.7 Å². The maximum Gasteiger partial charge on any atom is 0.234 e. The van der Waals surface area contributed by atoms with Crippen LogP contribution in [0, 0.1) is 23.6 Å². The Morgan fingerprint density at radius 1 is 1.03 bits per heavy atom. The maximum atomic E-state index is 13.8. The Bertz CT molecular complexity index is 909. The molecule has 0 spiro atoms. The zero-order valence-corrected chi connectivity index (χ0v) is 18.6. The van der Waals surface area contributed by atoms with Gasteiger partial charge in [-0.3, -0.25) is 4.79 Å². The third-order valence-electron chi connectivity index (χ3n) is 7.33. The SMILES string of the molecule is O=C(CSCc1ccc(Cl)cc1F)Nc1ccc(C23CC4CC(CC(C4)C2)C3)cc1. The Balaban J connectivity index is 1.16. The molecule has 4 saturated carbocycles. The van der Waals surface area contributed by atoms with Crippen molar-refractivity contribution < 1.29 is 9.18 Å². The van der Waals surface area contributed by atoms with Gasteiger partial charge in [0.25, 0.3) is 0 Å². The molecule has 0 saturated heterocycles. The summed E-state index contributed by atoms with van der Waals surface area (Å²) < 4.78 is 13.8. The number of halogens is 2. The highest BCUT2D eigenvalue weighted by molar-refractivity contribution is 7.99. The number of benzene rings is 2. The second-order valence-electron chi connectivity index (χ2n) is 9.55. The fraction of sp³-hybridized carbons (Fsp3) is 0.480. The first-order valence-corrected chi connectivity index (χ1v) is 12.4. The minimum Gasteiger partial charge on any atom is -0.325 e. The van der Waals surface area contributed by atoms with E-state index in [1.807, 2.05) is 0 Å². The summed E-state index contributed by atoms with van der Waals surface area (Å²) in [7, 11) is 0. The third-order valence-corrected chi connectivity index (χ3v) is 8.54. The van der Waals surface area contributed by atoms with Crippen molar-refractivity contribution in [1.82, 2.24) is 0 Å². The number of carbonyl (C=O) groups excluding carboxylic acids is 1. The molecule has 6 rings (SSSR count). The van der Waals surface area contributed by atoms with Crippen molar-refractivity contribution in [1.29, 1.82) is 0 Å². The molecule has 4 aliphatic carbocycles. The van der Waals surface area contributed by atoms with Gasteiger partial charge in [0.1, 0.15) is 5.82 Å². The molecule has 4 aliphatic rings. The molecule has 0 heterocycles. The van der Waals surface area contributed by atoms with Crippen LogP contribution in [0.1, 0.15) is 49.7 Å². The van der Waals surface area contributed by atoms with E-state index in [-0.39, 0.29) is 11.7 Å². The van der Waals surface area contributed by atoms with E-state index in [0.717, 1.165) is 23.4 Å². The van der Waals surface area contributed by atoms with E-state index in [9.17, 15) is 9.18 Å². The molecule has 158 valence electrons. The molecule has 1 amide bonds.